The molecule has 1 fully saturated rings. The highest BCUT2D eigenvalue weighted by molar-refractivity contribution is 5.92. The summed E-state index contributed by atoms with van der Waals surface area (Å²) in [7, 11) is 0. The molecule has 1 aromatic carbocycles. The average Bonchev–Trinajstić information content (AvgIpc) is 2.70. The third kappa shape index (κ3) is 6.93. The standard InChI is InChI=1S/C20H24N2O10/c1-20(2,3)32-19(27)21-8-6-12(7-9-21)18(26)30-11-16(23)31-13-4-5-14(17(24)25)15(10-13)22(28)29/h4-5,10,12H,6-9,11H2,1-3H3,(H,24,25). The molecule has 0 aromatic heterocycles. The predicted molar refractivity (Wildman–Crippen MR) is 107 cm³/mol. The van der Waals surface area contributed by atoms with E-state index in [-0.39, 0.29) is 5.75 Å². The lowest BCUT2D eigenvalue weighted by atomic mass is 9.97. The number of ether oxygens (including phenoxy) is 3. The Morgan fingerprint density at radius 2 is 1.81 bits per heavy atom. The summed E-state index contributed by atoms with van der Waals surface area (Å²) in [5.41, 5.74) is -1.92. The summed E-state index contributed by atoms with van der Waals surface area (Å²) >= 11 is 0. The highest BCUT2D eigenvalue weighted by atomic mass is 16.6. The van der Waals surface area contributed by atoms with Gasteiger partial charge in [0.1, 0.15) is 16.9 Å². The molecule has 174 valence electrons. The van der Waals surface area contributed by atoms with Gasteiger partial charge in [-0.15, -0.1) is 0 Å². The fraction of sp³-hybridized carbons (Fsp3) is 0.500. The van der Waals surface area contributed by atoms with E-state index in [1.165, 1.54) is 4.90 Å². The Morgan fingerprint density at radius 1 is 1.19 bits per heavy atom. The van der Waals surface area contributed by atoms with Gasteiger partial charge in [0.2, 0.25) is 0 Å². The van der Waals surface area contributed by atoms with E-state index in [1.54, 1.807) is 20.8 Å². The smallest absolute Gasteiger partial charge is 0.410 e. The maximum atomic E-state index is 12.2. The van der Waals surface area contributed by atoms with Gasteiger partial charge in [0.25, 0.3) is 5.69 Å². The molecular weight excluding hydrogens is 428 g/mol. The summed E-state index contributed by atoms with van der Waals surface area (Å²) < 4.78 is 15.1. The van der Waals surface area contributed by atoms with Crippen LogP contribution in [0.25, 0.3) is 0 Å². The second kappa shape index (κ2) is 10.1. The van der Waals surface area contributed by atoms with Crippen molar-refractivity contribution < 1.29 is 43.4 Å². The van der Waals surface area contributed by atoms with Gasteiger partial charge in [-0.05, 0) is 45.7 Å². The van der Waals surface area contributed by atoms with Crippen LogP contribution in [0.1, 0.15) is 44.0 Å². The molecule has 1 aromatic rings. The molecule has 1 aliphatic heterocycles. The Kier molecular flexibility index (Phi) is 7.73. The number of piperidine rings is 1. The molecule has 1 heterocycles. The number of likely N-dealkylation sites (tertiary alicyclic amines) is 1. The van der Waals surface area contributed by atoms with Gasteiger partial charge < -0.3 is 24.2 Å². The Bertz CT molecular complexity index is 913. The van der Waals surface area contributed by atoms with Crippen LogP contribution in [0.5, 0.6) is 5.75 Å². The first-order chi connectivity index (χ1) is 14.9. The lowest BCUT2D eigenvalue weighted by Crippen LogP contribution is -2.43. The molecule has 32 heavy (non-hydrogen) atoms. The number of carboxylic acid groups (broad SMARTS) is 1. The van der Waals surface area contributed by atoms with Crippen molar-refractivity contribution in [2.45, 2.75) is 39.2 Å². The first-order valence-electron chi connectivity index (χ1n) is 9.74. The lowest BCUT2D eigenvalue weighted by Gasteiger charge is -2.32. The molecule has 1 amide bonds. The van der Waals surface area contributed by atoms with Gasteiger partial charge >= 0.3 is 24.0 Å². The van der Waals surface area contributed by atoms with E-state index in [2.05, 4.69) is 0 Å². The van der Waals surface area contributed by atoms with E-state index in [0.717, 1.165) is 18.2 Å². The quantitative estimate of drug-likeness (QED) is 0.293. The number of benzene rings is 1. The number of carbonyl (C=O) groups excluding carboxylic acids is 3. The number of aromatic carboxylic acids is 1. The van der Waals surface area contributed by atoms with Crippen LogP contribution >= 0.6 is 0 Å². The summed E-state index contributed by atoms with van der Waals surface area (Å²) in [5.74, 6) is -3.87. The van der Waals surface area contributed by atoms with E-state index in [0.29, 0.717) is 25.9 Å². The molecule has 12 heteroatoms. The zero-order valence-electron chi connectivity index (χ0n) is 17.9. The van der Waals surface area contributed by atoms with Gasteiger partial charge in [0.05, 0.1) is 16.9 Å². The summed E-state index contributed by atoms with van der Waals surface area (Å²) in [6.45, 7) is 5.16. The Morgan fingerprint density at radius 3 is 2.34 bits per heavy atom. The van der Waals surface area contributed by atoms with Gasteiger partial charge in [-0.2, -0.15) is 0 Å². The first-order valence-corrected chi connectivity index (χ1v) is 9.74. The fourth-order valence-corrected chi connectivity index (χ4v) is 2.94. The molecule has 0 atom stereocenters. The zero-order chi connectivity index (χ0) is 24.1. The van der Waals surface area contributed by atoms with E-state index < -0.39 is 58.3 Å². The number of hydrogen-bond acceptors (Lipinski definition) is 9. The number of amides is 1. The van der Waals surface area contributed by atoms with E-state index in [9.17, 15) is 29.3 Å². The monoisotopic (exact) mass is 452 g/mol. The molecule has 0 spiro atoms. The molecule has 0 unspecified atom stereocenters. The molecule has 0 bridgehead atoms. The molecule has 0 radical (unpaired) electrons. The molecule has 1 aliphatic rings. The topological polar surface area (TPSA) is 163 Å². The highest BCUT2D eigenvalue weighted by Gasteiger charge is 2.31. The van der Waals surface area contributed by atoms with Crippen LogP contribution in [0.2, 0.25) is 0 Å². The molecule has 0 saturated carbocycles. The van der Waals surface area contributed by atoms with E-state index in [4.69, 9.17) is 19.3 Å². The Hall–Kier alpha value is -3.70. The Labute approximate surface area is 183 Å². The fourth-order valence-electron chi connectivity index (χ4n) is 2.94. The maximum Gasteiger partial charge on any atom is 0.410 e. The Balaban J connectivity index is 1.83. The molecule has 0 aliphatic carbocycles. The minimum absolute atomic E-state index is 0.256. The van der Waals surface area contributed by atoms with Crippen molar-refractivity contribution in [1.82, 2.24) is 4.90 Å². The average molecular weight is 452 g/mol. The number of nitrogens with zero attached hydrogens (tertiary/aromatic N) is 2. The van der Waals surface area contributed by atoms with Crippen LogP contribution in [0.15, 0.2) is 18.2 Å². The zero-order valence-corrected chi connectivity index (χ0v) is 17.9. The van der Waals surface area contributed by atoms with Crippen LogP contribution in [-0.4, -0.2) is 64.2 Å². The SMILES string of the molecule is CC(C)(C)OC(=O)N1CCC(C(=O)OCC(=O)Oc2ccc(C(=O)O)c([N+](=O)[O-])c2)CC1. The second-order valence-corrected chi connectivity index (χ2v) is 8.06. The first kappa shape index (κ1) is 24.6. The number of esters is 2. The largest absolute Gasteiger partial charge is 0.477 e. The van der Waals surface area contributed by atoms with E-state index in [1.807, 2.05) is 0 Å². The van der Waals surface area contributed by atoms with Crippen molar-refractivity contribution >= 4 is 29.7 Å². The van der Waals surface area contributed by atoms with Gasteiger partial charge in [-0.3, -0.25) is 14.9 Å². The van der Waals surface area contributed by atoms with Gasteiger partial charge in [-0.25, -0.2) is 14.4 Å². The number of rotatable bonds is 6. The second-order valence-electron chi connectivity index (χ2n) is 8.06. The lowest BCUT2D eigenvalue weighted by molar-refractivity contribution is -0.385. The van der Waals surface area contributed by atoms with Crippen molar-refractivity contribution in [3.8, 4) is 5.75 Å². The number of nitro benzene ring substituents is 1. The third-order valence-electron chi connectivity index (χ3n) is 4.44. The van der Waals surface area contributed by atoms with Crippen molar-refractivity contribution in [2.75, 3.05) is 19.7 Å². The van der Waals surface area contributed by atoms with Crippen LogP contribution in [0, 0.1) is 16.0 Å². The summed E-state index contributed by atoms with van der Waals surface area (Å²) in [4.78, 5) is 58.8. The normalized spacial score (nSPS) is 14.4. The predicted octanol–water partition coefficient (Wildman–Crippen LogP) is 2.39. The number of carboxylic acids is 1. The maximum absolute atomic E-state index is 12.2. The summed E-state index contributed by atoms with van der Waals surface area (Å²) in [6.07, 6.45) is 0.224. The summed E-state index contributed by atoms with van der Waals surface area (Å²) in [5, 5.41) is 19.9. The molecule has 2 rings (SSSR count). The molecular formula is C20H24N2O10. The van der Waals surface area contributed by atoms with Gasteiger partial charge in [-0.1, -0.05) is 0 Å². The minimum atomic E-state index is -1.50. The van der Waals surface area contributed by atoms with Crippen molar-refractivity contribution in [1.29, 1.82) is 0 Å². The van der Waals surface area contributed by atoms with Gasteiger partial charge in [0.15, 0.2) is 6.61 Å². The van der Waals surface area contributed by atoms with Crippen molar-refractivity contribution in [3.05, 3.63) is 33.9 Å². The summed E-state index contributed by atoms with van der Waals surface area (Å²) in [6, 6.07) is 2.83. The number of hydrogen-bond donors (Lipinski definition) is 1. The highest BCUT2D eigenvalue weighted by Crippen LogP contribution is 2.25. The van der Waals surface area contributed by atoms with Crippen LogP contribution in [0.4, 0.5) is 10.5 Å². The van der Waals surface area contributed by atoms with Crippen molar-refractivity contribution in [2.24, 2.45) is 5.92 Å². The van der Waals surface area contributed by atoms with Crippen LogP contribution < -0.4 is 4.74 Å². The molecule has 12 nitrogen and oxygen atoms in total. The van der Waals surface area contributed by atoms with Gasteiger partial charge in [0, 0.05) is 13.1 Å². The molecule has 1 saturated heterocycles. The molecule has 1 N–H and O–H groups in total. The number of carbonyl (C=O) groups is 4. The third-order valence-corrected chi connectivity index (χ3v) is 4.44. The van der Waals surface area contributed by atoms with Crippen molar-refractivity contribution in [3.63, 3.8) is 0 Å². The van der Waals surface area contributed by atoms with E-state index >= 15 is 0 Å². The van der Waals surface area contributed by atoms with Crippen LogP contribution in [-0.2, 0) is 19.1 Å². The van der Waals surface area contributed by atoms with Crippen LogP contribution in [0.3, 0.4) is 0 Å². The number of nitro groups is 1. The minimum Gasteiger partial charge on any atom is -0.477 e.